The molecule has 2 heterocycles. The van der Waals surface area contributed by atoms with E-state index in [0.717, 1.165) is 43.6 Å². The van der Waals surface area contributed by atoms with Gasteiger partial charge in [-0.2, -0.15) is 13.2 Å². The van der Waals surface area contributed by atoms with Crippen molar-refractivity contribution in [1.82, 2.24) is 9.97 Å². The van der Waals surface area contributed by atoms with Crippen molar-refractivity contribution in [3.05, 3.63) is 47.0 Å². The normalized spacial score (nSPS) is 18.8. The van der Waals surface area contributed by atoms with Crippen LogP contribution in [-0.2, 0) is 23.5 Å². The van der Waals surface area contributed by atoms with Crippen LogP contribution in [0.2, 0.25) is 0 Å². The van der Waals surface area contributed by atoms with Crippen LogP contribution in [0.15, 0.2) is 24.4 Å². The molecule has 7 heteroatoms. The molecule has 1 saturated carbocycles. The quantitative estimate of drug-likeness (QED) is 0.0948. The second-order valence-corrected chi connectivity index (χ2v) is 12.3. The van der Waals surface area contributed by atoms with Crippen molar-refractivity contribution in [2.45, 2.75) is 141 Å². The summed E-state index contributed by atoms with van der Waals surface area (Å²) in [6.07, 6.45) is 17.4. The first kappa shape index (κ1) is 31.9. The maximum atomic E-state index is 15.3. The number of ether oxygens (including phenoxy) is 1. The second-order valence-electron chi connectivity index (χ2n) is 12.3. The van der Waals surface area contributed by atoms with Gasteiger partial charge in [0.25, 0.3) is 0 Å². The lowest BCUT2D eigenvalue weighted by Crippen LogP contribution is -2.40. The Morgan fingerprint density at radius 1 is 0.927 bits per heavy atom. The average Bonchev–Trinajstić information content (AvgIpc) is 3.78. The Morgan fingerprint density at radius 2 is 1.66 bits per heavy atom. The Kier molecular flexibility index (Phi) is 12.4. The summed E-state index contributed by atoms with van der Waals surface area (Å²) in [7, 11) is 0. The third-order valence-electron chi connectivity index (χ3n) is 8.68. The van der Waals surface area contributed by atoms with Gasteiger partial charge in [0.1, 0.15) is 12.3 Å². The molecule has 0 bridgehead atoms. The van der Waals surface area contributed by atoms with Crippen LogP contribution in [0.4, 0.5) is 17.6 Å². The van der Waals surface area contributed by atoms with Crippen LogP contribution in [-0.4, -0.2) is 28.9 Å². The first-order valence-electron chi connectivity index (χ1n) is 16.2. The van der Waals surface area contributed by atoms with Crippen molar-refractivity contribution in [3.63, 3.8) is 0 Å². The van der Waals surface area contributed by atoms with Gasteiger partial charge < -0.3 is 4.74 Å². The van der Waals surface area contributed by atoms with Crippen LogP contribution in [0, 0.1) is 11.9 Å². The molecule has 0 amide bonds. The Labute approximate surface area is 243 Å². The zero-order chi connectivity index (χ0) is 29.1. The molecular weight excluding hydrogens is 528 g/mol. The van der Waals surface area contributed by atoms with Crippen molar-refractivity contribution in [2.24, 2.45) is 5.92 Å². The van der Waals surface area contributed by atoms with Crippen LogP contribution in [0.3, 0.4) is 0 Å². The van der Waals surface area contributed by atoms with Crippen molar-refractivity contribution in [2.75, 3.05) is 6.61 Å². The van der Waals surface area contributed by atoms with Gasteiger partial charge in [-0.3, -0.25) is 4.98 Å². The maximum Gasteiger partial charge on any atom is 0.303 e. The van der Waals surface area contributed by atoms with E-state index in [4.69, 9.17) is 4.74 Å². The highest BCUT2D eigenvalue weighted by Gasteiger charge is 2.49. The summed E-state index contributed by atoms with van der Waals surface area (Å²) in [6, 6.07) is 5.27. The van der Waals surface area contributed by atoms with Gasteiger partial charge >= 0.3 is 5.92 Å². The van der Waals surface area contributed by atoms with Crippen LogP contribution in [0.25, 0.3) is 11.4 Å². The fraction of sp³-hybridized carbons (Fsp3) is 0.706. The van der Waals surface area contributed by atoms with E-state index in [9.17, 15) is 4.39 Å². The number of unbranched alkanes of at least 4 members (excludes halogenated alkanes) is 9. The standard InChI is InChI=1S/C34H48F4N2O/c1-2-3-4-12-15-28(35)24-41-31-21-19-27-22-30(40-33(36)32(27)34(31,37)38)29-20-18-26(23-39-29)14-11-9-7-5-6-8-10-13-25-16-17-25/h18,20,22-23,25,28,31H,2-17,19,21,24H2,1H3. The minimum atomic E-state index is -3.57. The zero-order valence-corrected chi connectivity index (χ0v) is 24.8. The smallest absolute Gasteiger partial charge is 0.303 e. The van der Waals surface area contributed by atoms with Crippen molar-refractivity contribution < 1.29 is 22.3 Å². The number of aromatic nitrogens is 2. The summed E-state index contributed by atoms with van der Waals surface area (Å²) in [4.78, 5) is 8.32. The third kappa shape index (κ3) is 9.76. The molecule has 0 aromatic carbocycles. The van der Waals surface area contributed by atoms with Gasteiger partial charge in [0.15, 0.2) is 0 Å². The molecule has 0 aliphatic heterocycles. The van der Waals surface area contributed by atoms with Crippen molar-refractivity contribution >= 4 is 0 Å². The number of hydrogen-bond acceptors (Lipinski definition) is 3. The lowest BCUT2D eigenvalue weighted by atomic mass is 9.86. The fourth-order valence-electron chi connectivity index (χ4n) is 5.93. The Morgan fingerprint density at radius 3 is 2.37 bits per heavy atom. The summed E-state index contributed by atoms with van der Waals surface area (Å²) >= 11 is 0. The summed E-state index contributed by atoms with van der Waals surface area (Å²) in [5, 5.41) is 0. The number of aryl methyl sites for hydroxylation is 2. The van der Waals surface area contributed by atoms with Crippen LogP contribution in [0.5, 0.6) is 0 Å². The molecule has 0 spiro atoms. The molecule has 2 aliphatic rings. The molecular formula is C34H48F4N2O. The van der Waals surface area contributed by atoms with Crippen LogP contribution in [0.1, 0.15) is 126 Å². The van der Waals surface area contributed by atoms with Crippen LogP contribution < -0.4 is 0 Å². The number of hydrogen-bond donors (Lipinski definition) is 0. The summed E-state index contributed by atoms with van der Waals surface area (Å²) < 4.78 is 65.0. The number of halogens is 4. The minimum Gasteiger partial charge on any atom is -0.369 e. The molecule has 2 atom stereocenters. The molecule has 0 saturated heterocycles. The van der Waals surface area contributed by atoms with Gasteiger partial charge in [-0.05, 0) is 61.3 Å². The Bertz CT molecular complexity index is 1060. The first-order valence-corrected chi connectivity index (χ1v) is 16.2. The molecule has 0 radical (unpaired) electrons. The van der Waals surface area contributed by atoms with Gasteiger partial charge in [0.05, 0.1) is 23.6 Å². The summed E-state index contributed by atoms with van der Waals surface area (Å²) in [6.45, 7) is 1.68. The number of alkyl halides is 3. The summed E-state index contributed by atoms with van der Waals surface area (Å²) in [5.41, 5.74) is 1.31. The average molecular weight is 577 g/mol. The van der Waals surface area contributed by atoms with E-state index >= 15 is 13.2 Å². The molecule has 4 rings (SSSR count). The van der Waals surface area contributed by atoms with Crippen molar-refractivity contribution in [3.8, 4) is 11.4 Å². The van der Waals surface area contributed by atoms with E-state index in [1.807, 2.05) is 6.07 Å². The number of nitrogens with zero attached hydrogens (tertiary/aromatic N) is 2. The molecule has 228 valence electrons. The molecule has 2 unspecified atom stereocenters. The predicted octanol–water partition coefficient (Wildman–Crippen LogP) is 10.1. The highest BCUT2D eigenvalue weighted by molar-refractivity contribution is 5.57. The summed E-state index contributed by atoms with van der Waals surface area (Å²) in [5.74, 6) is -3.73. The topological polar surface area (TPSA) is 35.0 Å². The molecule has 0 N–H and O–H groups in total. The fourth-order valence-corrected chi connectivity index (χ4v) is 5.93. The van der Waals surface area contributed by atoms with E-state index in [1.165, 1.54) is 63.9 Å². The van der Waals surface area contributed by atoms with Gasteiger partial charge in [0.2, 0.25) is 5.95 Å². The van der Waals surface area contributed by atoms with E-state index < -0.39 is 36.3 Å². The Balaban J connectivity index is 1.24. The molecule has 2 aromatic heterocycles. The highest BCUT2D eigenvalue weighted by Crippen LogP contribution is 2.44. The van der Waals surface area contributed by atoms with E-state index in [0.29, 0.717) is 18.5 Å². The minimum absolute atomic E-state index is 0.00171. The molecule has 2 aromatic rings. The number of fused-ring (bicyclic) bond motifs is 1. The van der Waals surface area contributed by atoms with E-state index in [-0.39, 0.29) is 24.1 Å². The third-order valence-corrected chi connectivity index (χ3v) is 8.68. The first-order chi connectivity index (χ1) is 19.9. The lowest BCUT2D eigenvalue weighted by molar-refractivity contribution is -0.160. The van der Waals surface area contributed by atoms with Gasteiger partial charge in [-0.1, -0.05) is 96.5 Å². The second kappa shape index (κ2) is 16.0. The zero-order valence-electron chi connectivity index (χ0n) is 24.8. The number of pyridine rings is 2. The molecule has 1 fully saturated rings. The van der Waals surface area contributed by atoms with E-state index in [1.54, 1.807) is 12.3 Å². The molecule has 3 nitrogen and oxygen atoms in total. The van der Waals surface area contributed by atoms with Gasteiger partial charge in [-0.15, -0.1) is 0 Å². The SMILES string of the molecule is CCCCCCC(F)COC1CCc2cc(-c3ccc(CCCCCCCCCC4CC4)cn3)nc(F)c2C1(F)F. The van der Waals surface area contributed by atoms with Crippen molar-refractivity contribution in [1.29, 1.82) is 0 Å². The molecule has 41 heavy (non-hydrogen) atoms. The molecule has 2 aliphatic carbocycles. The monoisotopic (exact) mass is 576 g/mol. The lowest BCUT2D eigenvalue weighted by Gasteiger charge is -2.33. The van der Waals surface area contributed by atoms with Gasteiger partial charge in [0, 0.05) is 6.20 Å². The van der Waals surface area contributed by atoms with Gasteiger partial charge in [-0.25, -0.2) is 9.37 Å². The number of rotatable bonds is 19. The highest BCUT2D eigenvalue weighted by atomic mass is 19.3. The van der Waals surface area contributed by atoms with E-state index in [2.05, 4.69) is 16.9 Å². The van der Waals surface area contributed by atoms with Crippen LogP contribution >= 0.6 is 0 Å². The largest absolute Gasteiger partial charge is 0.369 e. The maximum absolute atomic E-state index is 15.3. The predicted molar refractivity (Wildman–Crippen MR) is 156 cm³/mol. The Hall–Kier alpha value is -2.02.